The second-order valence-electron chi connectivity index (χ2n) is 4.31. The Balaban J connectivity index is 2.26. The van der Waals surface area contributed by atoms with E-state index in [1.54, 1.807) is 25.4 Å². The summed E-state index contributed by atoms with van der Waals surface area (Å²) in [6, 6.07) is 7.43. The number of carbonyl (C=O) groups is 1. The van der Waals surface area contributed by atoms with Crippen LogP contribution in [0.1, 0.15) is 22.8 Å². The van der Waals surface area contributed by atoms with Gasteiger partial charge in [0.15, 0.2) is 0 Å². The lowest BCUT2D eigenvalue weighted by Gasteiger charge is -2.21. The SMILES string of the molecule is CCN(Cc1cccnc1)C(=O)c1c(O)cccc1F. The van der Waals surface area contributed by atoms with Gasteiger partial charge in [-0.25, -0.2) is 4.39 Å². The van der Waals surface area contributed by atoms with E-state index in [4.69, 9.17) is 0 Å². The lowest BCUT2D eigenvalue weighted by molar-refractivity contribution is 0.0744. The molecule has 0 radical (unpaired) electrons. The van der Waals surface area contributed by atoms with Crippen LogP contribution in [0.5, 0.6) is 5.75 Å². The second kappa shape index (κ2) is 6.14. The molecule has 1 N–H and O–H groups in total. The number of hydrogen-bond donors (Lipinski definition) is 1. The predicted octanol–water partition coefficient (Wildman–Crippen LogP) is 2.59. The van der Waals surface area contributed by atoms with Crippen LogP contribution in [0.15, 0.2) is 42.7 Å². The largest absolute Gasteiger partial charge is 0.507 e. The molecular weight excluding hydrogens is 259 g/mol. The van der Waals surface area contributed by atoms with Crippen molar-refractivity contribution in [2.75, 3.05) is 6.54 Å². The normalized spacial score (nSPS) is 10.3. The van der Waals surface area contributed by atoms with E-state index in [1.165, 1.54) is 17.0 Å². The summed E-state index contributed by atoms with van der Waals surface area (Å²) in [5.74, 6) is -1.61. The molecule has 0 spiro atoms. The van der Waals surface area contributed by atoms with E-state index in [1.807, 2.05) is 6.07 Å². The summed E-state index contributed by atoms with van der Waals surface area (Å²) in [7, 11) is 0. The number of pyridine rings is 1. The van der Waals surface area contributed by atoms with Crippen molar-refractivity contribution in [3.63, 3.8) is 0 Å². The Labute approximate surface area is 116 Å². The number of amides is 1. The highest BCUT2D eigenvalue weighted by molar-refractivity contribution is 5.97. The predicted molar refractivity (Wildman–Crippen MR) is 72.7 cm³/mol. The van der Waals surface area contributed by atoms with Crippen molar-refractivity contribution in [2.45, 2.75) is 13.5 Å². The van der Waals surface area contributed by atoms with Gasteiger partial charge in [-0.1, -0.05) is 12.1 Å². The van der Waals surface area contributed by atoms with Gasteiger partial charge in [0, 0.05) is 25.5 Å². The molecule has 20 heavy (non-hydrogen) atoms. The summed E-state index contributed by atoms with van der Waals surface area (Å²) < 4.78 is 13.7. The van der Waals surface area contributed by atoms with Gasteiger partial charge in [0.25, 0.3) is 5.91 Å². The highest BCUT2D eigenvalue weighted by Gasteiger charge is 2.21. The van der Waals surface area contributed by atoms with Crippen molar-refractivity contribution in [3.8, 4) is 5.75 Å². The van der Waals surface area contributed by atoms with Crippen molar-refractivity contribution in [2.24, 2.45) is 0 Å². The molecule has 0 atom stereocenters. The Morgan fingerprint density at radius 3 is 2.75 bits per heavy atom. The standard InChI is InChI=1S/C15H15FN2O2/c1-2-18(10-11-5-4-8-17-9-11)15(20)14-12(16)6-3-7-13(14)19/h3-9,19H,2,10H2,1H3. The molecule has 2 rings (SSSR count). The number of aromatic nitrogens is 1. The Morgan fingerprint density at radius 1 is 1.35 bits per heavy atom. The quantitative estimate of drug-likeness (QED) is 0.932. The van der Waals surface area contributed by atoms with Crippen LogP contribution in [0.4, 0.5) is 4.39 Å². The van der Waals surface area contributed by atoms with Gasteiger partial charge in [0.1, 0.15) is 17.1 Å². The van der Waals surface area contributed by atoms with Gasteiger partial charge >= 0.3 is 0 Å². The van der Waals surface area contributed by atoms with Crippen LogP contribution < -0.4 is 0 Å². The first-order chi connectivity index (χ1) is 9.63. The van der Waals surface area contributed by atoms with Crippen LogP contribution in [-0.2, 0) is 6.54 Å². The van der Waals surface area contributed by atoms with Gasteiger partial charge in [-0.3, -0.25) is 9.78 Å². The molecular formula is C15H15FN2O2. The molecule has 0 saturated carbocycles. The Bertz CT molecular complexity index is 582. The monoisotopic (exact) mass is 274 g/mol. The minimum atomic E-state index is -0.723. The number of aromatic hydroxyl groups is 1. The molecule has 2 aromatic rings. The summed E-state index contributed by atoms with van der Waals surface area (Å²) in [5, 5.41) is 9.67. The first-order valence-electron chi connectivity index (χ1n) is 6.29. The van der Waals surface area contributed by atoms with E-state index in [-0.39, 0.29) is 11.3 Å². The van der Waals surface area contributed by atoms with Gasteiger partial charge in [-0.15, -0.1) is 0 Å². The van der Waals surface area contributed by atoms with Gasteiger partial charge in [0.2, 0.25) is 0 Å². The number of nitrogens with zero attached hydrogens (tertiary/aromatic N) is 2. The summed E-state index contributed by atoms with van der Waals surface area (Å²) in [4.78, 5) is 17.8. The minimum absolute atomic E-state index is 0.293. The molecule has 1 aromatic carbocycles. The molecule has 0 fully saturated rings. The van der Waals surface area contributed by atoms with E-state index < -0.39 is 11.7 Å². The van der Waals surface area contributed by atoms with Gasteiger partial charge in [-0.05, 0) is 30.7 Å². The molecule has 1 heterocycles. The molecule has 104 valence electrons. The van der Waals surface area contributed by atoms with Crippen LogP contribution in [0.25, 0.3) is 0 Å². The summed E-state index contributed by atoms with van der Waals surface area (Å²) in [6.07, 6.45) is 3.29. The Morgan fingerprint density at radius 2 is 2.15 bits per heavy atom. The average Bonchev–Trinajstić information content (AvgIpc) is 2.45. The molecule has 0 aliphatic rings. The highest BCUT2D eigenvalue weighted by Crippen LogP contribution is 2.22. The van der Waals surface area contributed by atoms with E-state index >= 15 is 0 Å². The maximum absolute atomic E-state index is 13.7. The summed E-state index contributed by atoms with van der Waals surface area (Å²) in [5.41, 5.74) is 0.553. The van der Waals surface area contributed by atoms with Crippen molar-refractivity contribution in [3.05, 3.63) is 59.7 Å². The van der Waals surface area contributed by atoms with Crippen LogP contribution in [0.2, 0.25) is 0 Å². The molecule has 0 saturated heterocycles. The first-order valence-corrected chi connectivity index (χ1v) is 6.29. The van der Waals surface area contributed by atoms with Gasteiger partial charge < -0.3 is 10.0 Å². The molecule has 0 bridgehead atoms. The van der Waals surface area contributed by atoms with Crippen LogP contribution >= 0.6 is 0 Å². The number of phenols is 1. The number of phenolic OH excluding ortho intramolecular Hbond substituents is 1. The fourth-order valence-electron chi connectivity index (χ4n) is 1.92. The third-order valence-electron chi connectivity index (χ3n) is 2.97. The van der Waals surface area contributed by atoms with Crippen molar-refractivity contribution < 1.29 is 14.3 Å². The van der Waals surface area contributed by atoms with E-state index in [2.05, 4.69) is 4.98 Å². The highest BCUT2D eigenvalue weighted by atomic mass is 19.1. The third kappa shape index (κ3) is 2.93. The van der Waals surface area contributed by atoms with Crippen LogP contribution in [0, 0.1) is 5.82 Å². The zero-order chi connectivity index (χ0) is 14.5. The second-order valence-corrected chi connectivity index (χ2v) is 4.31. The molecule has 1 aromatic heterocycles. The number of halogens is 1. The van der Waals surface area contributed by atoms with Crippen LogP contribution in [0.3, 0.4) is 0 Å². The first kappa shape index (κ1) is 14.0. The van der Waals surface area contributed by atoms with Crippen LogP contribution in [-0.4, -0.2) is 27.4 Å². The van der Waals surface area contributed by atoms with E-state index in [0.29, 0.717) is 13.1 Å². The van der Waals surface area contributed by atoms with Crippen molar-refractivity contribution in [1.29, 1.82) is 0 Å². The minimum Gasteiger partial charge on any atom is -0.507 e. The maximum atomic E-state index is 13.7. The molecule has 1 amide bonds. The number of carbonyl (C=O) groups excluding carboxylic acids is 1. The van der Waals surface area contributed by atoms with Gasteiger partial charge in [0.05, 0.1) is 0 Å². The topological polar surface area (TPSA) is 53.4 Å². The maximum Gasteiger partial charge on any atom is 0.260 e. The fraction of sp³-hybridized carbons (Fsp3) is 0.200. The number of benzene rings is 1. The summed E-state index contributed by atoms with van der Waals surface area (Å²) >= 11 is 0. The zero-order valence-electron chi connectivity index (χ0n) is 11.1. The number of hydrogen-bond acceptors (Lipinski definition) is 3. The Kier molecular flexibility index (Phi) is 4.30. The smallest absolute Gasteiger partial charge is 0.260 e. The lowest BCUT2D eigenvalue weighted by Crippen LogP contribution is -2.31. The summed E-state index contributed by atoms with van der Waals surface area (Å²) in [6.45, 7) is 2.52. The molecule has 0 aliphatic heterocycles. The molecule has 5 heteroatoms. The Hall–Kier alpha value is -2.43. The lowest BCUT2D eigenvalue weighted by atomic mass is 10.1. The number of rotatable bonds is 4. The van der Waals surface area contributed by atoms with Crippen molar-refractivity contribution >= 4 is 5.91 Å². The van der Waals surface area contributed by atoms with Gasteiger partial charge in [-0.2, -0.15) is 0 Å². The zero-order valence-corrected chi connectivity index (χ0v) is 11.1. The fourth-order valence-corrected chi connectivity index (χ4v) is 1.92. The van der Waals surface area contributed by atoms with E-state index in [9.17, 15) is 14.3 Å². The van der Waals surface area contributed by atoms with Crippen molar-refractivity contribution in [1.82, 2.24) is 9.88 Å². The van der Waals surface area contributed by atoms with E-state index in [0.717, 1.165) is 11.6 Å². The average molecular weight is 274 g/mol. The molecule has 4 nitrogen and oxygen atoms in total. The molecule has 0 unspecified atom stereocenters. The molecule has 0 aliphatic carbocycles. The third-order valence-corrected chi connectivity index (χ3v) is 2.97.